The summed E-state index contributed by atoms with van der Waals surface area (Å²) >= 11 is 0. The van der Waals surface area contributed by atoms with Crippen LogP contribution < -0.4 is 4.74 Å². The number of hydrogen-bond donors (Lipinski definition) is 0. The van der Waals surface area contributed by atoms with Crippen LogP contribution in [0.5, 0.6) is 11.5 Å². The van der Waals surface area contributed by atoms with Gasteiger partial charge in [0.25, 0.3) is 0 Å². The lowest BCUT2D eigenvalue weighted by atomic mass is 9.93. The normalized spacial score (nSPS) is 12.0. The number of nitrogens with zero attached hydrogens (tertiary/aromatic N) is 3. The molecule has 5 heteroatoms. The Morgan fingerprint density at radius 2 is 1.17 bits per heavy atom. The van der Waals surface area contributed by atoms with Crippen LogP contribution in [0.1, 0.15) is 0 Å². The van der Waals surface area contributed by atoms with Gasteiger partial charge in [-0.1, -0.05) is 91.0 Å². The number of fused-ring (bicyclic) bond motifs is 5. The molecule has 196 valence electrons. The first kappa shape index (κ1) is 22.9. The maximum atomic E-state index is 6.35. The van der Waals surface area contributed by atoms with E-state index in [9.17, 15) is 0 Å². The molecule has 0 radical (unpaired) electrons. The molecule has 0 unspecified atom stereocenters. The molecule has 0 N–H and O–H groups in total. The summed E-state index contributed by atoms with van der Waals surface area (Å²) in [4.78, 5) is 15.0. The van der Waals surface area contributed by atoms with Crippen molar-refractivity contribution in [3.8, 4) is 56.8 Å². The van der Waals surface area contributed by atoms with Crippen LogP contribution in [0.15, 0.2) is 132 Å². The summed E-state index contributed by atoms with van der Waals surface area (Å²) in [6, 6.07) is 42.9. The van der Waals surface area contributed by atoms with E-state index < -0.39 is 0 Å². The van der Waals surface area contributed by atoms with E-state index >= 15 is 0 Å². The molecule has 1 aliphatic heterocycles. The first-order valence-electron chi connectivity index (χ1n) is 13.9. The van der Waals surface area contributed by atoms with Crippen LogP contribution >= 0.6 is 0 Å². The van der Waals surface area contributed by atoms with Crippen LogP contribution in [0.4, 0.5) is 0 Å². The minimum atomic E-state index is 0.560. The number of benzene rings is 6. The zero-order chi connectivity index (χ0) is 27.6. The molecular formula is C37H21N3O2. The van der Waals surface area contributed by atoms with Gasteiger partial charge in [0.2, 0.25) is 0 Å². The molecule has 9 rings (SSSR count). The second-order valence-electron chi connectivity index (χ2n) is 10.4. The number of para-hydroxylation sites is 2. The van der Waals surface area contributed by atoms with E-state index in [2.05, 4.69) is 42.5 Å². The molecule has 0 bridgehead atoms. The van der Waals surface area contributed by atoms with Crippen molar-refractivity contribution in [2.24, 2.45) is 0 Å². The highest BCUT2D eigenvalue weighted by atomic mass is 16.5. The molecule has 0 amide bonds. The third kappa shape index (κ3) is 3.47. The first-order valence-corrected chi connectivity index (χ1v) is 13.9. The van der Waals surface area contributed by atoms with E-state index in [0.717, 1.165) is 72.0 Å². The van der Waals surface area contributed by atoms with Crippen LogP contribution in [-0.4, -0.2) is 15.0 Å². The van der Waals surface area contributed by atoms with Crippen molar-refractivity contribution in [3.63, 3.8) is 0 Å². The highest BCUT2D eigenvalue weighted by Gasteiger charge is 2.22. The fourth-order valence-electron chi connectivity index (χ4n) is 5.97. The smallest absolute Gasteiger partial charge is 0.167 e. The zero-order valence-corrected chi connectivity index (χ0v) is 22.3. The monoisotopic (exact) mass is 539 g/mol. The Morgan fingerprint density at radius 3 is 2.07 bits per heavy atom. The van der Waals surface area contributed by atoms with E-state index in [1.165, 1.54) is 0 Å². The molecular weight excluding hydrogens is 518 g/mol. The van der Waals surface area contributed by atoms with E-state index in [1.54, 1.807) is 0 Å². The van der Waals surface area contributed by atoms with Crippen molar-refractivity contribution >= 4 is 32.7 Å². The Hall–Kier alpha value is -5.81. The van der Waals surface area contributed by atoms with Crippen LogP contribution in [-0.2, 0) is 0 Å². The second-order valence-corrected chi connectivity index (χ2v) is 10.4. The summed E-state index contributed by atoms with van der Waals surface area (Å²) in [6.07, 6.45) is 0. The fraction of sp³-hybridized carbons (Fsp3) is 0. The molecule has 3 heterocycles. The molecule has 0 spiro atoms. The summed E-state index contributed by atoms with van der Waals surface area (Å²) in [5, 5.41) is 4.36. The molecule has 0 aliphatic carbocycles. The van der Waals surface area contributed by atoms with E-state index in [-0.39, 0.29) is 0 Å². The lowest BCUT2D eigenvalue weighted by molar-refractivity contribution is 0.487. The van der Waals surface area contributed by atoms with Gasteiger partial charge < -0.3 is 9.15 Å². The highest BCUT2D eigenvalue weighted by Crippen LogP contribution is 2.47. The second kappa shape index (κ2) is 8.85. The minimum Gasteiger partial charge on any atom is -0.456 e. The van der Waals surface area contributed by atoms with E-state index in [0.29, 0.717) is 17.5 Å². The van der Waals surface area contributed by atoms with Gasteiger partial charge in [0, 0.05) is 32.8 Å². The van der Waals surface area contributed by atoms with Gasteiger partial charge in [-0.15, -0.1) is 0 Å². The standard InChI is InChI=1S/C37H21N3O2/c1-2-9-23(10-3-1)35-38-36(40-37(39-35)28-16-8-15-27-25-13-4-5-17-30(25)42-34(27)28)24-19-20-31-29(21-24)26-14-6-11-22-12-7-18-32(41-31)33(22)26/h1-21H. The number of rotatable bonds is 3. The summed E-state index contributed by atoms with van der Waals surface area (Å²) in [5.41, 5.74) is 6.36. The number of aromatic nitrogens is 3. The molecule has 2 aromatic heterocycles. The Morgan fingerprint density at radius 1 is 0.452 bits per heavy atom. The van der Waals surface area contributed by atoms with Gasteiger partial charge >= 0.3 is 0 Å². The maximum Gasteiger partial charge on any atom is 0.167 e. The van der Waals surface area contributed by atoms with Gasteiger partial charge in [0.05, 0.1) is 5.56 Å². The predicted molar refractivity (Wildman–Crippen MR) is 166 cm³/mol. The van der Waals surface area contributed by atoms with Gasteiger partial charge in [-0.3, -0.25) is 0 Å². The lowest BCUT2D eigenvalue weighted by Crippen LogP contribution is -2.01. The molecule has 6 aromatic carbocycles. The molecule has 0 fully saturated rings. The van der Waals surface area contributed by atoms with Crippen LogP contribution in [0, 0.1) is 0 Å². The number of furan rings is 1. The third-order valence-corrected chi connectivity index (χ3v) is 7.93. The summed E-state index contributed by atoms with van der Waals surface area (Å²) in [6.45, 7) is 0. The van der Waals surface area contributed by atoms with Gasteiger partial charge in [0.1, 0.15) is 22.7 Å². The molecule has 0 saturated heterocycles. The van der Waals surface area contributed by atoms with Crippen LogP contribution in [0.3, 0.4) is 0 Å². The number of hydrogen-bond acceptors (Lipinski definition) is 5. The average molecular weight is 540 g/mol. The minimum absolute atomic E-state index is 0.560. The Kier molecular flexibility index (Phi) is 4.83. The Labute approximate surface area is 240 Å². The zero-order valence-electron chi connectivity index (χ0n) is 22.3. The van der Waals surface area contributed by atoms with Gasteiger partial charge in [-0.25, -0.2) is 15.0 Å². The summed E-state index contributed by atoms with van der Waals surface area (Å²) in [7, 11) is 0. The topological polar surface area (TPSA) is 61.0 Å². The average Bonchev–Trinajstić information content (AvgIpc) is 3.44. The fourth-order valence-corrected chi connectivity index (χ4v) is 5.97. The van der Waals surface area contributed by atoms with Crippen molar-refractivity contribution < 1.29 is 9.15 Å². The lowest BCUT2D eigenvalue weighted by Gasteiger charge is -2.21. The van der Waals surface area contributed by atoms with E-state index in [1.807, 2.05) is 84.9 Å². The van der Waals surface area contributed by atoms with Crippen LogP contribution in [0.2, 0.25) is 0 Å². The van der Waals surface area contributed by atoms with Gasteiger partial charge in [-0.05, 0) is 47.3 Å². The molecule has 8 aromatic rings. The maximum absolute atomic E-state index is 6.35. The first-order chi connectivity index (χ1) is 20.8. The van der Waals surface area contributed by atoms with Crippen molar-refractivity contribution in [2.45, 2.75) is 0 Å². The molecule has 5 nitrogen and oxygen atoms in total. The molecule has 42 heavy (non-hydrogen) atoms. The SMILES string of the molecule is c1ccc(-c2nc(-c3ccc4c(c3)-c3cccc5cccc(c35)O4)nc(-c3cccc4c3oc3ccccc34)n2)cc1. The van der Waals surface area contributed by atoms with E-state index in [4.69, 9.17) is 24.1 Å². The van der Waals surface area contributed by atoms with Crippen molar-refractivity contribution in [2.75, 3.05) is 0 Å². The van der Waals surface area contributed by atoms with Gasteiger partial charge in [-0.2, -0.15) is 0 Å². The van der Waals surface area contributed by atoms with Crippen molar-refractivity contribution in [1.29, 1.82) is 0 Å². The van der Waals surface area contributed by atoms with Crippen LogP contribution in [0.25, 0.3) is 78.0 Å². The van der Waals surface area contributed by atoms with Crippen molar-refractivity contribution in [3.05, 3.63) is 127 Å². The highest BCUT2D eigenvalue weighted by molar-refractivity contribution is 6.09. The summed E-state index contributed by atoms with van der Waals surface area (Å²) in [5.74, 6) is 3.43. The molecule has 1 aliphatic rings. The predicted octanol–water partition coefficient (Wildman–Crippen LogP) is 9.70. The van der Waals surface area contributed by atoms with Crippen molar-refractivity contribution in [1.82, 2.24) is 15.0 Å². The molecule has 0 saturated carbocycles. The number of ether oxygens (including phenoxy) is 1. The largest absolute Gasteiger partial charge is 0.456 e. The Bertz CT molecular complexity index is 2340. The summed E-state index contributed by atoms with van der Waals surface area (Å²) < 4.78 is 12.7. The molecule has 0 atom stereocenters. The Balaban J connectivity index is 1.27. The quantitative estimate of drug-likeness (QED) is 0.224. The third-order valence-electron chi connectivity index (χ3n) is 7.93. The van der Waals surface area contributed by atoms with Gasteiger partial charge in [0.15, 0.2) is 17.5 Å².